The van der Waals surface area contributed by atoms with Crippen molar-refractivity contribution in [3.63, 3.8) is 0 Å². The molecule has 1 atom stereocenters. The predicted molar refractivity (Wildman–Crippen MR) is 120 cm³/mol. The second kappa shape index (κ2) is 10.1. The maximum absolute atomic E-state index is 13.4. The van der Waals surface area contributed by atoms with E-state index in [0.717, 1.165) is 19.6 Å². The fourth-order valence-electron chi connectivity index (χ4n) is 4.30. The molecule has 2 heterocycles. The normalized spacial score (nSPS) is 20.9. The third-order valence-electron chi connectivity index (χ3n) is 6.07. The summed E-state index contributed by atoms with van der Waals surface area (Å²) in [5, 5.41) is 11.0. The number of aliphatic hydroxyl groups excluding tert-OH is 1. The molecular weight excluding hydrogens is 427 g/mol. The largest absolute Gasteiger partial charge is 0.507 e. The van der Waals surface area contributed by atoms with Crippen LogP contribution in [0.15, 0.2) is 54.1 Å². The number of aliphatic hydroxyl groups is 1. The number of halogens is 1. The molecule has 1 unspecified atom stereocenters. The Morgan fingerprint density at radius 1 is 1.06 bits per heavy atom. The van der Waals surface area contributed by atoms with E-state index in [9.17, 15) is 19.1 Å². The summed E-state index contributed by atoms with van der Waals surface area (Å²) in [7, 11) is 1.56. The minimum atomic E-state index is -0.746. The summed E-state index contributed by atoms with van der Waals surface area (Å²) in [6.45, 7) is 4.19. The van der Waals surface area contributed by atoms with E-state index in [-0.39, 0.29) is 16.9 Å². The number of methoxy groups -OCH3 is 1. The number of carbonyl (C=O) groups is 2. The fourth-order valence-corrected chi connectivity index (χ4v) is 4.30. The number of hydrogen-bond donors (Lipinski definition) is 1. The molecule has 2 aromatic rings. The zero-order valence-corrected chi connectivity index (χ0v) is 18.5. The number of rotatable bonds is 7. The number of benzene rings is 2. The Balaban J connectivity index is 1.66. The molecule has 2 aliphatic rings. The van der Waals surface area contributed by atoms with Gasteiger partial charge >= 0.3 is 0 Å². The highest BCUT2D eigenvalue weighted by Gasteiger charge is 2.45. The lowest BCUT2D eigenvalue weighted by molar-refractivity contribution is -0.140. The van der Waals surface area contributed by atoms with Crippen LogP contribution in [0.4, 0.5) is 4.39 Å². The summed E-state index contributed by atoms with van der Waals surface area (Å²) in [5.41, 5.74) is 0.967. The topological polar surface area (TPSA) is 79.3 Å². The van der Waals surface area contributed by atoms with Crippen molar-refractivity contribution in [3.05, 3.63) is 71.0 Å². The standard InChI is InChI=1S/C25H27FN2O5/c1-32-20-9-5-17(6-10-20)22-21(23(29)18-3-7-19(26)8-4-18)24(30)25(31)28(22)12-2-11-27-13-15-33-16-14-27/h3-10,22,29H,2,11-16H2,1H3. The summed E-state index contributed by atoms with van der Waals surface area (Å²) in [5.74, 6) is -1.53. The molecule has 0 radical (unpaired) electrons. The minimum absolute atomic E-state index is 0.00291. The molecule has 7 nitrogen and oxygen atoms in total. The summed E-state index contributed by atoms with van der Waals surface area (Å²) in [6.07, 6.45) is 0.677. The van der Waals surface area contributed by atoms with Crippen LogP contribution in [0.3, 0.4) is 0 Å². The Morgan fingerprint density at radius 3 is 2.36 bits per heavy atom. The highest BCUT2D eigenvalue weighted by molar-refractivity contribution is 6.46. The van der Waals surface area contributed by atoms with Gasteiger partial charge in [0, 0.05) is 31.7 Å². The van der Waals surface area contributed by atoms with Gasteiger partial charge in [0.2, 0.25) is 0 Å². The molecule has 4 rings (SSSR count). The molecule has 8 heteroatoms. The number of Topliss-reactive ketones (excluding diaryl/α,β-unsaturated/α-hetero) is 1. The SMILES string of the molecule is COc1ccc(C2C(=C(O)c3ccc(F)cc3)C(=O)C(=O)N2CCCN2CCOCC2)cc1. The van der Waals surface area contributed by atoms with Crippen molar-refractivity contribution in [3.8, 4) is 5.75 Å². The summed E-state index contributed by atoms with van der Waals surface area (Å²) >= 11 is 0. The molecule has 2 fully saturated rings. The van der Waals surface area contributed by atoms with E-state index in [1.54, 1.807) is 31.4 Å². The summed E-state index contributed by atoms with van der Waals surface area (Å²) in [6, 6.07) is 11.5. The van der Waals surface area contributed by atoms with E-state index >= 15 is 0 Å². The quantitative estimate of drug-likeness (QED) is 0.394. The summed E-state index contributed by atoms with van der Waals surface area (Å²) in [4.78, 5) is 29.8. The van der Waals surface area contributed by atoms with Gasteiger partial charge in [-0.05, 0) is 48.4 Å². The highest BCUT2D eigenvalue weighted by atomic mass is 19.1. The van der Waals surface area contributed by atoms with Gasteiger partial charge in [-0.25, -0.2) is 4.39 Å². The van der Waals surface area contributed by atoms with Crippen LogP contribution < -0.4 is 4.74 Å². The smallest absolute Gasteiger partial charge is 0.295 e. The van der Waals surface area contributed by atoms with Gasteiger partial charge in [-0.1, -0.05) is 12.1 Å². The average Bonchev–Trinajstić information content (AvgIpc) is 3.10. The van der Waals surface area contributed by atoms with Crippen LogP contribution in [-0.2, 0) is 14.3 Å². The molecule has 174 valence electrons. The number of hydrogen-bond acceptors (Lipinski definition) is 6. The molecular formula is C25H27FN2O5. The van der Waals surface area contributed by atoms with Gasteiger partial charge in [0.05, 0.1) is 31.9 Å². The third-order valence-corrected chi connectivity index (χ3v) is 6.07. The van der Waals surface area contributed by atoms with Crippen LogP contribution in [0.1, 0.15) is 23.6 Å². The average molecular weight is 454 g/mol. The maximum atomic E-state index is 13.4. The van der Waals surface area contributed by atoms with Crippen LogP contribution >= 0.6 is 0 Å². The Morgan fingerprint density at radius 2 is 1.73 bits per heavy atom. The Bertz CT molecular complexity index is 1030. The van der Waals surface area contributed by atoms with Crippen LogP contribution in [0.2, 0.25) is 0 Å². The third kappa shape index (κ3) is 4.91. The second-order valence-corrected chi connectivity index (χ2v) is 8.08. The van der Waals surface area contributed by atoms with Gasteiger partial charge in [0.25, 0.3) is 11.7 Å². The molecule has 2 aromatic carbocycles. The number of morpholine rings is 1. The van der Waals surface area contributed by atoms with Gasteiger partial charge in [-0.15, -0.1) is 0 Å². The lowest BCUT2D eigenvalue weighted by Gasteiger charge is -2.29. The minimum Gasteiger partial charge on any atom is -0.507 e. The number of ketones is 1. The van der Waals surface area contributed by atoms with Gasteiger partial charge in [0.1, 0.15) is 17.3 Å². The number of likely N-dealkylation sites (tertiary alicyclic amines) is 1. The Hall–Kier alpha value is -3.23. The highest BCUT2D eigenvalue weighted by Crippen LogP contribution is 2.39. The number of carbonyl (C=O) groups excluding carboxylic acids is 2. The second-order valence-electron chi connectivity index (χ2n) is 8.08. The van der Waals surface area contributed by atoms with Gasteiger partial charge in [-0.2, -0.15) is 0 Å². The van der Waals surface area contributed by atoms with Crippen molar-refractivity contribution in [2.24, 2.45) is 0 Å². The summed E-state index contributed by atoms with van der Waals surface area (Å²) < 4.78 is 24.0. The van der Waals surface area contributed by atoms with E-state index in [1.807, 2.05) is 0 Å². The van der Waals surface area contributed by atoms with E-state index in [2.05, 4.69) is 4.90 Å². The van der Waals surface area contributed by atoms with E-state index in [4.69, 9.17) is 9.47 Å². The first-order valence-corrected chi connectivity index (χ1v) is 11.0. The van der Waals surface area contributed by atoms with Crippen molar-refractivity contribution in [2.75, 3.05) is 46.5 Å². The van der Waals surface area contributed by atoms with Crippen LogP contribution in [-0.4, -0.2) is 73.1 Å². The fraction of sp³-hybridized carbons (Fsp3) is 0.360. The lowest BCUT2D eigenvalue weighted by Crippen LogP contribution is -2.38. The van der Waals surface area contributed by atoms with E-state index in [1.165, 1.54) is 29.2 Å². The van der Waals surface area contributed by atoms with Crippen LogP contribution in [0.5, 0.6) is 5.75 Å². The van der Waals surface area contributed by atoms with E-state index < -0.39 is 23.5 Å². The number of amides is 1. The lowest BCUT2D eigenvalue weighted by atomic mass is 9.95. The first-order chi connectivity index (χ1) is 16.0. The van der Waals surface area contributed by atoms with Crippen molar-refractivity contribution in [2.45, 2.75) is 12.5 Å². The van der Waals surface area contributed by atoms with Crippen LogP contribution in [0.25, 0.3) is 5.76 Å². The van der Waals surface area contributed by atoms with Crippen molar-refractivity contribution >= 4 is 17.4 Å². The molecule has 1 N–H and O–H groups in total. The molecule has 33 heavy (non-hydrogen) atoms. The molecule has 0 saturated carbocycles. The first-order valence-electron chi connectivity index (χ1n) is 11.0. The molecule has 2 aliphatic heterocycles. The van der Waals surface area contributed by atoms with Gasteiger partial charge < -0.3 is 19.5 Å². The predicted octanol–water partition coefficient (Wildman–Crippen LogP) is 2.98. The van der Waals surface area contributed by atoms with Crippen molar-refractivity contribution in [1.29, 1.82) is 0 Å². The molecule has 1 amide bonds. The van der Waals surface area contributed by atoms with Crippen molar-refractivity contribution < 1.29 is 28.6 Å². The number of ether oxygens (including phenoxy) is 2. The molecule has 0 bridgehead atoms. The zero-order chi connectivity index (χ0) is 23.4. The van der Waals surface area contributed by atoms with Crippen molar-refractivity contribution in [1.82, 2.24) is 9.80 Å². The van der Waals surface area contributed by atoms with E-state index in [0.29, 0.717) is 37.5 Å². The molecule has 0 aromatic heterocycles. The molecule has 0 spiro atoms. The number of nitrogens with zero attached hydrogens (tertiary/aromatic N) is 2. The molecule has 0 aliphatic carbocycles. The Kier molecular flexibility index (Phi) is 7.05. The zero-order valence-electron chi connectivity index (χ0n) is 18.5. The van der Waals surface area contributed by atoms with Crippen LogP contribution in [0, 0.1) is 5.82 Å². The van der Waals surface area contributed by atoms with Gasteiger partial charge in [0.15, 0.2) is 0 Å². The Labute approximate surface area is 192 Å². The monoisotopic (exact) mass is 454 g/mol. The molecule has 2 saturated heterocycles. The maximum Gasteiger partial charge on any atom is 0.295 e. The van der Waals surface area contributed by atoms with Gasteiger partial charge in [-0.3, -0.25) is 14.5 Å². The first kappa shape index (κ1) is 22.9.